The molecule has 1 aromatic carbocycles. The molecule has 0 spiro atoms. The van der Waals surface area contributed by atoms with E-state index in [1.165, 1.54) is 0 Å². The Balaban J connectivity index is 1.62. The molecular weight excluding hydrogens is 408 g/mol. The topological polar surface area (TPSA) is 139 Å². The van der Waals surface area contributed by atoms with Gasteiger partial charge in [-0.3, -0.25) is 4.79 Å². The van der Waals surface area contributed by atoms with E-state index in [4.69, 9.17) is 16.0 Å². The Morgan fingerprint density at radius 2 is 1.88 bits per heavy atom. The fourth-order valence-electron chi connectivity index (χ4n) is 3.42. The minimum Gasteiger partial charge on any atom is -0.380 e. The number of amides is 1. The van der Waals surface area contributed by atoms with Crippen LogP contribution < -0.4 is 16.4 Å². The first kappa shape index (κ1) is 23.0. The number of aliphatic imine (C=N–C) groups is 2. The number of amidine groups is 1. The molecule has 1 amide bonds. The minimum atomic E-state index is -0.0675. The molecule has 1 saturated heterocycles. The molecule has 2 aromatic rings. The Morgan fingerprint density at radius 3 is 2.50 bits per heavy atom. The Labute approximate surface area is 187 Å². The third-order valence-corrected chi connectivity index (χ3v) is 5.33. The molecule has 170 valence electrons. The zero-order chi connectivity index (χ0) is 23.3. The number of likely N-dealkylation sites (tertiary alicyclic amines) is 1. The van der Waals surface area contributed by atoms with E-state index in [9.17, 15) is 4.79 Å². The van der Waals surface area contributed by atoms with Crippen molar-refractivity contribution in [3.63, 3.8) is 0 Å². The molecule has 0 unspecified atom stereocenters. The van der Waals surface area contributed by atoms with Gasteiger partial charge in [-0.2, -0.15) is 15.0 Å². The Bertz CT molecular complexity index is 1000. The average molecular weight is 439 g/mol. The smallest absolute Gasteiger partial charge is 0.237 e. The largest absolute Gasteiger partial charge is 0.380 e. The summed E-state index contributed by atoms with van der Waals surface area (Å²) >= 11 is 0. The van der Waals surface area contributed by atoms with E-state index in [-0.39, 0.29) is 35.4 Å². The number of hydrogen-bond acceptors (Lipinski definition) is 6. The van der Waals surface area contributed by atoms with Crippen molar-refractivity contribution in [3.8, 4) is 0 Å². The molecule has 0 radical (unpaired) electrons. The molecule has 0 atom stereocenters. The fraction of sp³-hybridized carbons (Fsp3) is 0.409. The zero-order valence-corrected chi connectivity index (χ0v) is 18.7. The Morgan fingerprint density at radius 1 is 1.22 bits per heavy atom. The van der Waals surface area contributed by atoms with Gasteiger partial charge in [0.15, 0.2) is 5.84 Å². The van der Waals surface area contributed by atoms with E-state index >= 15 is 0 Å². The van der Waals surface area contributed by atoms with Crippen molar-refractivity contribution in [1.82, 2.24) is 15.0 Å². The molecule has 1 aromatic heterocycles. The van der Waals surface area contributed by atoms with Crippen LogP contribution in [0.1, 0.15) is 44.3 Å². The lowest BCUT2D eigenvalue weighted by Gasteiger charge is -2.31. The maximum atomic E-state index is 12.1. The molecule has 0 aliphatic carbocycles. The predicted octanol–water partition coefficient (Wildman–Crippen LogP) is 2.06. The summed E-state index contributed by atoms with van der Waals surface area (Å²) in [7, 11) is 1.83. The molecule has 1 fully saturated rings. The maximum Gasteiger partial charge on any atom is 0.237 e. The molecule has 1 aliphatic heterocycles. The highest BCUT2D eigenvalue weighted by Crippen LogP contribution is 2.27. The normalized spacial score (nSPS) is 15.8. The van der Waals surface area contributed by atoms with Crippen LogP contribution in [0, 0.1) is 5.92 Å². The monoisotopic (exact) mass is 438 g/mol. The lowest BCUT2D eigenvalue weighted by atomic mass is 9.96. The van der Waals surface area contributed by atoms with Crippen molar-refractivity contribution >= 4 is 23.4 Å². The van der Waals surface area contributed by atoms with Gasteiger partial charge in [-0.25, -0.2) is 0 Å². The first-order chi connectivity index (χ1) is 15.3. The van der Waals surface area contributed by atoms with Crippen LogP contribution in [-0.2, 0) is 4.79 Å². The van der Waals surface area contributed by atoms with Crippen LogP contribution in [0.4, 0.5) is 5.69 Å². The van der Waals surface area contributed by atoms with Gasteiger partial charge in [-0.05, 0) is 25.0 Å². The number of aromatic nitrogens is 2. The van der Waals surface area contributed by atoms with Gasteiger partial charge >= 0.3 is 0 Å². The van der Waals surface area contributed by atoms with Gasteiger partial charge in [0.05, 0.1) is 0 Å². The second kappa shape index (κ2) is 10.1. The van der Waals surface area contributed by atoms with Crippen LogP contribution in [0.3, 0.4) is 0 Å². The van der Waals surface area contributed by atoms with Gasteiger partial charge in [0, 0.05) is 37.7 Å². The highest BCUT2D eigenvalue weighted by Gasteiger charge is 2.28. The molecule has 3 rings (SSSR count). The van der Waals surface area contributed by atoms with E-state index in [0.29, 0.717) is 24.8 Å². The molecule has 10 heteroatoms. The average Bonchev–Trinajstić information content (AvgIpc) is 3.29. The number of nitrogens with zero attached hydrogens (tertiary/aromatic N) is 6. The quantitative estimate of drug-likeness (QED) is 0.520. The summed E-state index contributed by atoms with van der Waals surface area (Å²) < 4.78 is 5.40. The third-order valence-electron chi connectivity index (χ3n) is 5.33. The fourth-order valence-corrected chi connectivity index (χ4v) is 3.42. The number of rotatable bonds is 6. The maximum absolute atomic E-state index is 12.1. The van der Waals surface area contributed by atoms with E-state index in [1.807, 2.05) is 56.1 Å². The van der Waals surface area contributed by atoms with Crippen molar-refractivity contribution in [3.05, 3.63) is 54.4 Å². The standard InChI is InChI=1S/C22H30N8O2/c1-14(2)21(31)30-12-10-16(11-13-30)20-27-19(28-32-20)18(23)26-22(24)25-15(3)29(4)17-8-6-5-7-9-17/h5-9,14,16H,3,10-13H2,1-2,4H3,(H4,23,24,25,26). The molecule has 0 saturated carbocycles. The van der Waals surface area contributed by atoms with Crippen LogP contribution in [0.15, 0.2) is 57.2 Å². The Kier molecular flexibility index (Phi) is 7.24. The van der Waals surface area contributed by atoms with Crippen molar-refractivity contribution in [2.75, 3.05) is 25.0 Å². The summed E-state index contributed by atoms with van der Waals surface area (Å²) in [5, 5.41) is 3.92. The van der Waals surface area contributed by atoms with E-state index in [2.05, 4.69) is 26.7 Å². The van der Waals surface area contributed by atoms with Crippen LogP contribution in [-0.4, -0.2) is 52.9 Å². The van der Waals surface area contributed by atoms with Crippen molar-refractivity contribution in [2.45, 2.75) is 32.6 Å². The number of anilines is 1. The van der Waals surface area contributed by atoms with E-state index in [1.54, 1.807) is 4.90 Å². The van der Waals surface area contributed by atoms with Gasteiger partial charge in [0.2, 0.25) is 23.6 Å². The number of nitrogens with two attached hydrogens (primary N) is 2. The first-order valence-corrected chi connectivity index (χ1v) is 10.5. The molecule has 32 heavy (non-hydrogen) atoms. The summed E-state index contributed by atoms with van der Waals surface area (Å²) in [6.07, 6.45) is 1.51. The van der Waals surface area contributed by atoms with Crippen molar-refractivity contribution in [1.29, 1.82) is 0 Å². The lowest BCUT2D eigenvalue weighted by molar-refractivity contribution is -0.135. The number of guanidine groups is 1. The molecule has 2 heterocycles. The van der Waals surface area contributed by atoms with Gasteiger partial charge in [-0.15, -0.1) is 0 Å². The number of benzene rings is 1. The second-order valence-corrected chi connectivity index (χ2v) is 7.99. The molecule has 1 aliphatic rings. The van der Waals surface area contributed by atoms with E-state index in [0.717, 1.165) is 18.5 Å². The summed E-state index contributed by atoms with van der Waals surface area (Å²) in [5.74, 6) is 1.21. The molecule has 10 nitrogen and oxygen atoms in total. The third kappa shape index (κ3) is 5.51. The van der Waals surface area contributed by atoms with Gasteiger partial charge < -0.3 is 25.8 Å². The van der Waals surface area contributed by atoms with Crippen LogP contribution in [0.25, 0.3) is 0 Å². The number of piperidine rings is 1. The predicted molar refractivity (Wildman–Crippen MR) is 124 cm³/mol. The van der Waals surface area contributed by atoms with Gasteiger partial charge in [-0.1, -0.05) is 43.8 Å². The van der Waals surface area contributed by atoms with Crippen LogP contribution >= 0.6 is 0 Å². The number of carbonyl (C=O) groups excluding carboxylic acids is 1. The summed E-state index contributed by atoms with van der Waals surface area (Å²) in [4.78, 5) is 28.4. The minimum absolute atomic E-state index is 0.00355. The highest BCUT2D eigenvalue weighted by molar-refractivity contribution is 6.02. The van der Waals surface area contributed by atoms with E-state index < -0.39 is 0 Å². The van der Waals surface area contributed by atoms with Gasteiger partial charge in [0.1, 0.15) is 5.82 Å². The second-order valence-electron chi connectivity index (χ2n) is 7.99. The van der Waals surface area contributed by atoms with Gasteiger partial charge in [0.25, 0.3) is 0 Å². The van der Waals surface area contributed by atoms with Crippen molar-refractivity contribution < 1.29 is 9.32 Å². The first-order valence-electron chi connectivity index (χ1n) is 10.5. The SMILES string of the molecule is C=C(N=C(N)N=C(N)c1noc(C2CCN(C(=O)C(C)C)CC2)n1)N(C)c1ccccc1. The van der Waals surface area contributed by atoms with Crippen LogP contribution in [0.2, 0.25) is 0 Å². The summed E-state index contributed by atoms with van der Waals surface area (Å²) in [6.45, 7) is 9.06. The molecule has 4 N–H and O–H groups in total. The van der Waals surface area contributed by atoms with Crippen LogP contribution in [0.5, 0.6) is 0 Å². The summed E-state index contributed by atoms with van der Waals surface area (Å²) in [6, 6.07) is 9.62. The number of hydrogen-bond donors (Lipinski definition) is 2. The molecule has 0 bridgehead atoms. The Hall–Kier alpha value is -3.69. The molecular formula is C22H30N8O2. The zero-order valence-electron chi connectivity index (χ0n) is 18.7. The number of para-hydroxylation sites is 1. The lowest BCUT2D eigenvalue weighted by Crippen LogP contribution is -2.40. The summed E-state index contributed by atoms with van der Waals surface area (Å²) in [5.41, 5.74) is 12.8. The number of carbonyl (C=O) groups is 1. The van der Waals surface area contributed by atoms with Crippen molar-refractivity contribution in [2.24, 2.45) is 27.4 Å². The highest BCUT2D eigenvalue weighted by atomic mass is 16.5.